The number of carboxylic acid groups (broad SMARTS) is 1. The van der Waals surface area contributed by atoms with Gasteiger partial charge in [-0.25, -0.2) is 9.78 Å². The first-order valence-corrected chi connectivity index (χ1v) is 13.9. The molecule has 1 amide bonds. The van der Waals surface area contributed by atoms with Crippen LogP contribution in [0.5, 0.6) is 5.75 Å². The van der Waals surface area contributed by atoms with E-state index < -0.39 is 6.16 Å². The zero-order valence-electron chi connectivity index (χ0n) is 20.9. The lowest BCUT2D eigenvalue weighted by atomic mass is 10.0. The van der Waals surface area contributed by atoms with Gasteiger partial charge in [-0.1, -0.05) is 77.8 Å². The smallest absolute Gasteiger partial charge is 0.449 e. The summed E-state index contributed by atoms with van der Waals surface area (Å²) in [5, 5.41) is 15.8. The van der Waals surface area contributed by atoms with Crippen LogP contribution in [0.2, 0.25) is 10.0 Å². The van der Waals surface area contributed by atoms with Crippen molar-refractivity contribution in [2.45, 2.75) is 6.42 Å². The Morgan fingerprint density at radius 1 is 0.850 bits per heavy atom. The molecule has 6 nitrogen and oxygen atoms in total. The lowest BCUT2D eigenvalue weighted by molar-refractivity contribution is 0.0954. The second kappa shape index (κ2) is 12.3. The van der Waals surface area contributed by atoms with Crippen LogP contribution < -0.4 is 10.1 Å². The number of rotatable bonds is 8. The fourth-order valence-corrected chi connectivity index (χ4v) is 5.26. The summed E-state index contributed by atoms with van der Waals surface area (Å²) in [5.74, 6) is -0.0160. The van der Waals surface area contributed by atoms with E-state index in [1.54, 1.807) is 48.5 Å². The number of benzene rings is 4. The molecular weight excluding hydrogens is 567 g/mol. The van der Waals surface area contributed by atoms with Crippen LogP contribution in [-0.2, 0) is 6.42 Å². The minimum Gasteiger partial charge on any atom is -0.449 e. The monoisotopic (exact) mass is 588 g/mol. The molecule has 0 aliphatic heterocycles. The quantitative estimate of drug-likeness (QED) is 0.140. The van der Waals surface area contributed by atoms with Crippen molar-refractivity contribution in [2.75, 3.05) is 6.54 Å². The molecule has 200 valence electrons. The van der Waals surface area contributed by atoms with Gasteiger partial charge in [-0.05, 0) is 53.9 Å². The number of carbonyl (C=O) groups is 2. The molecule has 1 heterocycles. The number of halogens is 2. The molecule has 0 spiro atoms. The maximum Gasteiger partial charge on any atom is 0.511 e. The van der Waals surface area contributed by atoms with Gasteiger partial charge >= 0.3 is 6.16 Å². The molecule has 0 atom stereocenters. The Bertz CT molecular complexity index is 1670. The maximum absolute atomic E-state index is 12.6. The minimum atomic E-state index is -1.43. The molecule has 0 bridgehead atoms. The first-order valence-electron chi connectivity index (χ1n) is 12.3. The summed E-state index contributed by atoms with van der Waals surface area (Å²) in [6, 6.07) is 27.4. The van der Waals surface area contributed by atoms with Crippen LogP contribution in [0.1, 0.15) is 15.9 Å². The van der Waals surface area contributed by atoms with Crippen molar-refractivity contribution in [3.05, 3.63) is 118 Å². The molecule has 0 radical (unpaired) electrons. The van der Waals surface area contributed by atoms with Gasteiger partial charge in [0.05, 0.1) is 15.7 Å². The van der Waals surface area contributed by atoms with Crippen molar-refractivity contribution in [3.8, 4) is 38.7 Å². The lowest BCUT2D eigenvalue weighted by Crippen LogP contribution is -2.25. The van der Waals surface area contributed by atoms with E-state index in [-0.39, 0.29) is 11.7 Å². The van der Waals surface area contributed by atoms with Crippen LogP contribution in [0, 0.1) is 0 Å². The van der Waals surface area contributed by atoms with Crippen molar-refractivity contribution in [1.29, 1.82) is 0 Å². The van der Waals surface area contributed by atoms with Gasteiger partial charge in [0.2, 0.25) is 0 Å². The van der Waals surface area contributed by atoms with Crippen LogP contribution in [0.4, 0.5) is 4.79 Å². The lowest BCUT2D eigenvalue weighted by Gasteiger charge is -2.11. The average molecular weight is 590 g/mol. The third kappa shape index (κ3) is 6.51. The Balaban J connectivity index is 1.34. The number of hydrogen-bond donors (Lipinski definition) is 2. The Morgan fingerprint density at radius 2 is 1.57 bits per heavy atom. The molecule has 1 aromatic heterocycles. The van der Waals surface area contributed by atoms with Crippen LogP contribution in [0.3, 0.4) is 0 Å². The van der Waals surface area contributed by atoms with Crippen LogP contribution in [-0.4, -0.2) is 28.7 Å². The molecule has 0 saturated heterocycles. The predicted molar refractivity (Wildman–Crippen MR) is 160 cm³/mol. The van der Waals surface area contributed by atoms with Gasteiger partial charge < -0.3 is 15.2 Å². The fourth-order valence-electron chi connectivity index (χ4n) is 4.14. The second-order valence-corrected chi connectivity index (χ2v) is 10.5. The number of aromatic nitrogens is 1. The Kier molecular flexibility index (Phi) is 8.45. The van der Waals surface area contributed by atoms with E-state index in [1.807, 2.05) is 47.8 Å². The normalized spacial score (nSPS) is 10.8. The van der Waals surface area contributed by atoms with Crippen LogP contribution in [0.25, 0.3) is 33.0 Å². The van der Waals surface area contributed by atoms with E-state index in [4.69, 9.17) is 27.9 Å². The highest BCUT2D eigenvalue weighted by molar-refractivity contribution is 7.13. The number of nitrogens with zero attached hydrogens (tertiary/aromatic N) is 1. The Morgan fingerprint density at radius 3 is 2.30 bits per heavy atom. The van der Waals surface area contributed by atoms with Crippen molar-refractivity contribution in [3.63, 3.8) is 0 Å². The highest BCUT2D eigenvalue weighted by atomic mass is 35.5. The first-order chi connectivity index (χ1) is 19.4. The average Bonchev–Trinajstić information content (AvgIpc) is 3.45. The standard InChI is InChI=1S/C31H22Cl2N2O4S/c32-25-13-11-22(16-26(25)33)27-18-40-30(35-27)23-10-12-24(28(17-23)39-31(37)38)20-6-8-21(9-7-20)29(36)34-15-14-19-4-2-1-3-5-19/h1-13,16-18H,14-15H2,(H,34,36)(H,37,38). The maximum atomic E-state index is 12.6. The third-order valence-corrected chi connectivity index (χ3v) is 7.78. The van der Waals surface area contributed by atoms with Gasteiger partial charge in [0, 0.05) is 34.2 Å². The second-order valence-electron chi connectivity index (χ2n) is 8.81. The molecule has 0 aliphatic carbocycles. The molecule has 5 aromatic rings. The van der Waals surface area contributed by atoms with Crippen molar-refractivity contribution < 1.29 is 19.4 Å². The molecule has 0 unspecified atom stereocenters. The Labute approximate surface area is 244 Å². The highest BCUT2D eigenvalue weighted by Gasteiger charge is 2.15. The van der Waals surface area contributed by atoms with E-state index in [0.29, 0.717) is 43.9 Å². The number of amides is 1. The van der Waals surface area contributed by atoms with E-state index in [1.165, 1.54) is 11.3 Å². The first kappa shape index (κ1) is 27.4. The van der Waals surface area contributed by atoms with Gasteiger partial charge in [-0.2, -0.15) is 0 Å². The van der Waals surface area contributed by atoms with Crippen LogP contribution in [0.15, 0.2) is 96.4 Å². The molecule has 9 heteroatoms. The largest absolute Gasteiger partial charge is 0.511 e. The van der Waals surface area contributed by atoms with E-state index in [9.17, 15) is 14.7 Å². The Hall–Kier alpha value is -4.17. The van der Waals surface area contributed by atoms with Crippen LogP contribution >= 0.6 is 34.5 Å². The summed E-state index contributed by atoms with van der Waals surface area (Å²) in [6.45, 7) is 0.520. The summed E-state index contributed by atoms with van der Waals surface area (Å²) in [5.41, 5.74) is 5.18. The SMILES string of the molecule is O=C(O)Oc1cc(-c2nc(-c3ccc(Cl)c(Cl)c3)cs2)ccc1-c1ccc(C(=O)NCCc2ccccc2)cc1. The van der Waals surface area contributed by atoms with Gasteiger partial charge in [-0.15, -0.1) is 11.3 Å². The summed E-state index contributed by atoms with van der Waals surface area (Å²) < 4.78 is 5.14. The molecule has 0 saturated carbocycles. The van der Waals surface area contributed by atoms with E-state index >= 15 is 0 Å². The van der Waals surface area contributed by atoms with Gasteiger partial charge in [0.15, 0.2) is 0 Å². The molecule has 40 heavy (non-hydrogen) atoms. The van der Waals surface area contributed by atoms with Crippen molar-refractivity contribution >= 4 is 46.6 Å². The van der Waals surface area contributed by atoms with Crippen molar-refractivity contribution in [2.24, 2.45) is 0 Å². The molecular formula is C31H22Cl2N2O4S. The van der Waals surface area contributed by atoms with E-state index in [0.717, 1.165) is 23.2 Å². The third-order valence-electron chi connectivity index (χ3n) is 6.15. The molecule has 2 N–H and O–H groups in total. The van der Waals surface area contributed by atoms with Gasteiger partial charge in [-0.3, -0.25) is 4.79 Å². The molecule has 0 fully saturated rings. The number of carbonyl (C=O) groups excluding carboxylic acids is 1. The zero-order valence-corrected chi connectivity index (χ0v) is 23.3. The molecule has 0 aliphatic rings. The fraction of sp³-hybridized carbons (Fsp3) is 0.0645. The van der Waals surface area contributed by atoms with Gasteiger partial charge in [0.25, 0.3) is 5.91 Å². The summed E-state index contributed by atoms with van der Waals surface area (Å²) in [6.07, 6.45) is -0.690. The number of thiazole rings is 1. The predicted octanol–water partition coefficient (Wildman–Crippen LogP) is 8.48. The summed E-state index contributed by atoms with van der Waals surface area (Å²) in [7, 11) is 0. The summed E-state index contributed by atoms with van der Waals surface area (Å²) in [4.78, 5) is 28.8. The zero-order chi connectivity index (χ0) is 28.1. The highest BCUT2D eigenvalue weighted by Crippen LogP contribution is 2.37. The topological polar surface area (TPSA) is 88.5 Å². The van der Waals surface area contributed by atoms with E-state index in [2.05, 4.69) is 10.3 Å². The number of ether oxygens (including phenoxy) is 1. The number of nitrogens with one attached hydrogen (secondary N) is 1. The molecule has 5 rings (SSSR count). The summed E-state index contributed by atoms with van der Waals surface area (Å²) >= 11 is 13.6. The molecule has 4 aromatic carbocycles. The minimum absolute atomic E-state index is 0.163. The van der Waals surface area contributed by atoms with Crippen molar-refractivity contribution in [1.82, 2.24) is 10.3 Å². The number of hydrogen-bond acceptors (Lipinski definition) is 5. The van der Waals surface area contributed by atoms with Gasteiger partial charge in [0.1, 0.15) is 10.8 Å².